The van der Waals surface area contributed by atoms with Crippen LogP contribution in [-0.4, -0.2) is 6.56 Å². The van der Waals surface area contributed by atoms with Crippen molar-refractivity contribution in [3.8, 4) is 0 Å². The summed E-state index contributed by atoms with van der Waals surface area (Å²) in [6.07, 6.45) is 3.33. The second-order valence-corrected chi connectivity index (χ2v) is 2.94. The van der Waals surface area contributed by atoms with Gasteiger partial charge in [-0.15, -0.1) is 0 Å². The van der Waals surface area contributed by atoms with E-state index >= 15 is 0 Å². The Labute approximate surface area is 64.3 Å². The van der Waals surface area contributed by atoms with Gasteiger partial charge in [-0.25, -0.2) is 12.5 Å². The van der Waals surface area contributed by atoms with E-state index in [9.17, 15) is 0 Å². The van der Waals surface area contributed by atoms with Gasteiger partial charge in [0.2, 0.25) is 0 Å². The summed E-state index contributed by atoms with van der Waals surface area (Å²) >= 11 is 4.17. The second kappa shape index (κ2) is 4.98. The molecule has 0 atom stereocenters. The predicted molar refractivity (Wildman–Crippen MR) is 49.5 cm³/mol. The van der Waals surface area contributed by atoms with Crippen LogP contribution in [0.1, 0.15) is 20.8 Å². The van der Waals surface area contributed by atoms with Gasteiger partial charge in [-0.2, -0.15) is 0 Å². The first kappa shape index (κ1) is 9.15. The number of hydrogen-bond acceptors (Lipinski definition) is 1. The fourth-order valence-corrected chi connectivity index (χ4v) is 1.15. The van der Waals surface area contributed by atoms with Crippen LogP contribution < -0.4 is 0 Å². The molecule has 0 aromatic carbocycles. The molecule has 0 bridgehead atoms. The first-order valence-electron chi connectivity index (χ1n) is 3.48. The van der Waals surface area contributed by atoms with Crippen molar-refractivity contribution >= 4 is 19.0 Å². The minimum absolute atomic E-state index is 0.696. The first-order valence-corrected chi connectivity index (χ1v) is 4.11. The van der Waals surface area contributed by atoms with Crippen LogP contribution in [0.5, 0.6) is 0 Å². The van der Waals surface area contributed by atoms with Crippen molar-refractivity contribution in [1.82, 2.24) is 0 Å². The quantitative estimate of drug-likeness (QED) is 0.349. The lowest BCUT2D eigenvalue weighted by Crippen LogP contribution is -1.94. The van der Waals surface area contributed by atoms with Crippen molar-refractivity contribution in [1.29, 1.82) is 0 Å². The fraction of sp³-hybridized carbons (Fsp3) is 0.714. The molecule has 52 valence electrons. The zero-order valence-corrected chi connectivity index (χ0v) is 7.41. The van der Waals surface area contributed by atoms with Crippen molar-refractivity contribution in [2.24, 2.45) is 5.92 Å². The van der Waals surface area contributed by atoms with Gasteiger partial charge in [0.25, 0.3) is 0 Å². The van der Waals surface area contributed by atoms with Gasteiger partial charge in [-0.05, 0) is 19.2 Å². The van der Waals surface area contributed by atoms with Gasteiger partial charge in [-0.3, -0.25) is 0 Å². The monoisotopic (exact) mass is 142 g/mol. The van der Waals surface area contributed by atoms with E-state index in [1.54, 1.807) is 0 Å². The Morgan fingerprint density at radius 1 is 1.67 bits per heavy atom. The van der Waals surface area contributed by atoms with E-state index in [-0.39, 0.29) is 0 Å². The van der Waals surface area contributed by atoms with Crippen LogP contribution in [0.25, 0.3) is 0 Å². The molecule has 0 nitrogen and oxygen atoms in total. The summed E-state index contributed by atoms with van der Waals surface area (Å²) in [5.74, 6) is 0.696. The highest BCUT2D eigenvalue weighted by Crippen LogP contribution is 2.13. The molecule has 0 rings (SSSR count). The molecular weight excluding hydrogens is 127 g/mol. The van der Waals surface area contributed by atoms with E-state index in [0.29, 0.717) is 5.92 Å². The molecule has 0 unspecified atom stereocenters. The highest BCUT2D eigenvalue weighted by atomic mass is 32.1. The molecule has 0 aliphatic carbocycles. The SMILES string of the molecule is C/C=C(\CBS)C(C)C. The van der Waals surface area contributed by atoms with E-state index in [1.807, 2.05) is 0 Å². The normalized spacial score (nSPS) is 12.3. The number of thiol groups is 1. The molecule has 0 aromatic heterocycles. The Morgan fingerprint density at radius 3 is 2.33 bits per heavy atom. The summed E-state index contributed by atoms with van der Waals surface area (Å²) in [5.41, 5.74) is 1.52. The van der Waals surface area contributed by atoms with Gasteiger partial charge in [0.15, 0.2) is 6.56 Å². The van der Waals surface area contributed by atoms with Crippen LogP contribution >= 0.6 is 12.5 Å². The van der Waals surface area contributed by atoms with Crippen molar-refractivity contribution in [3.63, 3.8) is 0 Å². The Bertz CT molecular complexity index is 97.1. The van der Waals surface area contributed by atoms with Crippen LogP contribution in [0.15, 0.2) is 11.6 Å². The summed E-state index contributed by atoms with van der Waals surface area (Å²) in [4.78, 5) is 0. The van der Waals surface area contributed by atoms with Gasteiger partial charge in [0.1, 0.15) is 0 Å². The molecule has 0 amide bonds. The second-order valence-electron chi connectivity index (χ2n) is 2.49. The molecule has 0 aliphatic rings. The molecule has 0 heterocycles. The largest absolute Gasteiger partial charge is 0.231 e. The molecule has 9 heavy (non-hydrogen) atoms. The molecule has 0 aromatic rings. The molecule has 0 saturated carbocycles. The number of hydrogen-bond donors (Lipinski definition) is 1. The standard InChI is InChI=1S/C7H15BS/c1-4-7(5-8-9)6(2)3/h4,6,8-9H,5H2,1-3H3/b7-4+. The summed E-state index contributed by atoms with van der Waals surface area (Å²) < 4.78 is 0. The molecule has 2 heteroatoms. The van der Waals surface area contributed by atoms with E-state index < -0.39 is 0 Å². The molecule has 0 N–H and O–H groups in total. The average Bonchev–Trinajstić information content (AvgIpc) is 1.82. The lowest BCUT2D eigenvalue weighted by molar-refractivity contribution is 0.766. The van der Waals surface area contributed by atoms with Crippen LogP contribution in [-0.2, 0) is 0 Å². The fourth-order valence-electron chi connectivity index (χ4n) is 0.895. The molecular formula is C7H15BS. The van der Waals surface area contributed by atoms with Crippen molar-refractivity contribution in [3.05, 3.63) is 11.6 Å². The summed E-state index contributed by atoms with van der Waals surface area (Å²) in [7, 11) is 0. The maximum Gasteiger partial charge on any atom is 0.191 e. The minimum Gasteiger partial charge on any atom is -0.231 e. The third-order valence-corrected chi connectivity index (χ3v) is 1.74. The number of rotatable bonds is 3. The van der Waals surface area contributed by atoms with E-state index in [4.69, 9.17) is 0 Å². The lowest BCUT2D eigenvalue weighted by Gasteiger charge is -2.07. The Hall–Kier alpha value is 0.155. The number of allylic oxidation sites excluding steroid dienone is 2. The van der Waals surface area contributed by atoms with Crippen molar-refractivity contribution in [2.45, 2.75) is 27.1 Å². The average molecular weight is 142 g/mol. The Balaban J connectivity index is 3.70. The zero-order valence-electron chi connectivity index (χ0n) is 6.52. The Morgan fingerprint density at radius 2 is 2.22 bits per heavy atom. The summed E-state index contributed by atoms with van der Waals surface area (Å²) in [5, 5.41) is 0. The van der Waals surface area contributed by atoms with E-state index in [2.05, 4.69) is 39.3 Å². The maximum absolute atomic E-state index is 4.17. The molecule has 0 radical (unpaired) electrons. The predicted octanol–water partition coefficient (Wildman–Crippen LogP) is 2.29. The zero-order chi connectivity index (χ0) is 7.28. The van der Waals surface area contributed by atoms with Crippen molar-refractivity contribution < 1.29 is 0 Å². The van der Waals surface area contributed by atoms with E-state index in [1.165, 1.54) is 5.57 Å². The van der Waals surface area contributed by atoms with Crippen LogP contribution in [0.2, 0.25) is 6.32 Å². The third kappa shape index (κ3) is 3.69. The first-order chi connectivity index (χ1) is 4.22. The van der Waals surface area contributed by atoms with Gasteiger partial charge >= 0.3 is 0 Å². The van der Waals surface area contributed by atoms with E-state index in [0.717, 1.165) is 12.9 Å². The third-order valence-electron chi connectivity index (χ3n) is 1.51. The highest BCUT2D eigenvalue weighted by Gasteiger charge is 1.99. The van der Waals surface area contributed by atoms with Gasteiger partial charge in [-0.1, -0.05) is 25.5 Å². The molecule has 0 aliphatic heterocycles. The maximum atomic E-state index is 4.17. The van der Waals surface area contributed by atoms with Crippen LogP contribution in [0.4, 0.5) is 0 Å². The smallest absolute Gasteiger partial charge is 0.191 e. The van der Waals surface area contributed by atoms with Gasteiger partial charge in [0.05, 0.1) is 0 Å². The molecule has 0 fully saturated rings. The highest BCUT2D eigenvalue weighted by molar-refractivity contribution is 8.06. The molecule has 0 saturated heterocycles. The lowest BCUT2D eigenvalue weighted by atomic mass is 9.88. The van der Waals surface area contributed by atoms with Gasteiger partial charge in [0, 0.05) is 0 Å². The van der Waals surface area contributed by atoms with Crippen LogP contribution in [0.3, 0.4) is 0 Å². The Kier molecular flexibility index (Phi) is 5.07. The topological polar surface area (TPSA) is 0 Å². The summed E-state index contributed by atoms with van der Waals surface area (Å²) in [6, 6.07) is 0. The van der Waals surface area contributed by atoms with Gasteiger partial charge < -0.3 is 0 Å². The molecule has 0 spiro atoms. The van der Waals surface area contributed by atoms with Crippen LogP contribution in [0, 0.1) is 5.92 Å². The summed E-state index contributed by atoms with van der Waals surface area (Å²) in [6.45, 7) is 7.51. The van der Waals surface area contributed by atoms with Crippen molar-refractivity contribution in [2.75, 3.05) is 0 Å². The minimum atomic E-state index is 0.696.